The van der Waals surface area contributed by atoms with Crippen LogP contribution in [0.5, 0.6) is 0 Å². The number of nitrogens with one attached hydrogen (secondary N) is 1. The molecule has 2 fully saturated rings. The second-order valence-electron chi connectivity index (χ2n) is 3.79. The fraction of sp³-hybridized carbons (Fsp3) is 0.625. The Morgan fingerprint density at radius 2 is 2.33 bits per heavy atom. The molecule has 64 valence electrons. The highest BCUT2D eigenvalue weighted by Crippen LogP contribution is 2.39. The Morgan fingerprint density at radius 1 is 1.50 bits per heavy atom. The monoisotopic (exact) mass is 165 g/mol. The Balaban J connectivity index is 1.69. The van der Waals surface area contributed by atoms with Crippen molar-refractivity contribution in [3.05, 3.63) is 12.3 Å². The van der Waals surface area contributed by atoms with E-state index in [1.807, 2.05) is 6.07 Å². The average Bonchev–Trinajstić information content (AvgIpc) is 2.32. The maximum Gasteiger partial charge on any atom is 0.123 e. The van der Waals surface area contributed by atoms with Crippen molar-refractivity contribution < 1.29 is 4.74 Å². The third kappa shape index (κ3) is 0.728. The molecule has 2 saturated heterocycles. The van der Waals surface area contributed by atoms with Gasteiger partial charge >= 0.3 is 0 Å². The number of hydrogen-bond acceptors (Lipinski definition) is 3. The van der Waals surface area contributed by atoms with Gasteiger partial charge in [0.2, 0.25) is 0 Å². The van der Waals surface area contributed by atoms with Gasteiger partial charge in [-0.2, -0.15) is 5.10 Å². The Hall–Kier alpha value is -1.03. The molecule has 2 aliphatic heterocycles. The minimum atomic E-state index is 0.491. The summed E-state index contributed by atoms with van der Waals surface area (Å²) in [5, 5.41) is 6.88. The second-order valence-corrected chi connectivity index (χ2v) is 3.79. The summed E-state index contributed by atoms with van der Waals surface area (Å²) in [5.41, 5.74) is 0.491. The lowest BCUT2D eigenvalue weighted by molar-refractivity contribution is -0.127. The van der Waals surface area contributed by atoms with Crippen LogP contribution < -0.4 is 4.90 Å². The summed E-state index contributed by atoms with van der Waals surface area (Å²) in [6, 6.07) is 2.01. The zero-order valence-corrected chi connectivity index (χ0v) is 6.79. The summed E-state index contributed by atoms with van der Waals surface area (Å²) in [5.74, 6) is 1.13. The zero-order chi connectivity index (χ0) is 8.02. The van der Waals surface area contributed by atoms with Gasteiger partial charge in [0.25, 0.3) is 0 Å². The van der Waals surface area contributed by atoms with E-state index in [1.165, 1.54) is 0 Å². The molecule has 3 heterocycles. The fourth-order valence-electron chi connectivity index (χ4n) is 1.93. The average molecular weight is 165 g/mol. The van der Waals surface area contributed by atoms with E-state index in [1.54, 1.807) is 6.20 Å². The van der Waals surface area contributed by atoms with Crippen molar-refractivity contribution in [2.75, 3.05) is 31.2 Å². The summed E-state index contributed by atoms with van der Waals surface area (Å²) >= 11 is 0. The van der Waals surface area contributed by atoms with Crippen LogP contribution in [0.15, 0.2) is 12.3 Å². The molecule has 0 aliphatic carbocycles. The first-order chi connectivity index (χ1) is 5.88. The van der Waals surface area contributed by atoms with E-state index >= 15 is 0 Å². The molecule has 1 aromatic heterocycles. The summed E-state index contributed by atoms with van der Waals surface area (Å²) in [6.45, 7) is 4.12. The van der Waals surface area contributed by atoms with E-state index in [4.69, 9.17) is 4.74 Å². The Morgan fingerprint density at radius 3 is 2.83 bits per heavy atom. The van der Waals surface area contributed by atoms with Crippen LogP contribution in [-0.4, -0.2) is 36.5 Å². The van der Waals surface area contributed by atoms with Gasteiger partial charge in [-0.05, 0) is 0 Å². The Kier molecular flexibility index (Phi) is 1.09. The largest absolute Gasteiger partial charge is 0.380 e. The molecule has 0 unspecified atom stereocenters. The van der Waals surface area contributed by atoms with Gasteiger partial charge in [-0.1, -0.05) is 0 Å². The maximum atomic E-state index is 5.19. The smallest absolute Gasteiger partial charge is 0.123 e. The molecule has 4 heteroatoms. The molecular formula is C8H11N3O. The topological polar surface area (TPSA) is 41.1 Å². The van der Waals surface area contributed by atoms with E-state index in [2.05, 4.69) is 15.1 Å². The van der Waals surface area contributed by atoms with Gasteiger partial charge in [-0.15, -0.1) is 0 Å². The van der Waals surface area contributed by atoms with E-state index < -0.39 is 0 Å². The van der Waals surface area contributed by atoms with Crippen LogP contribution in [0, 0.1) is 5.41 Å². The molecule has 2 aliphatic rings. The predicted molar refractivity (Wildman–Crippen MR) is 44.1 cm³/mol. The molecule has 1 N–H and O–H groups in total. The van der Waals surface area contributed by atoms with Crippen molar-refractivity contribution >= 4 is 5.82 Å². The maximum absolute atomic E-state index is 5.19. The molecule has 0 saturated carbocycles. The van der Waals surface area contributed by atoms with Gasteiger partial charge in [0.1, 0.15) is 5.82 Å². The first kappa shape index (κ1) is 6.48. The number of aromatic amines is 1. The first-order valence-electron chi connectivity index (χ1n) is 4.20. The van der Waals surface area contributed by atoms with E-state index in [9.17, 15) is 0 Å². The molecule has 1 aromatic rings. The van der Waals surface area contributed by atoms with Gasteiger partial charge in [-0.3, -0.25) is 5.10 Å². The highest BCUT2D eigenvalue weighted by atomic mass is 16.5. The molecule has 1 spiro atoms. The summed E-state index contributed by atoms with van der Waals surface area (Å²) in [4.78, 5) is 2.30. The normalized spacial score (nSPS) is 25.2. The molecule has 4 nitrogen and oxygen atoms in total. The molecule has 12 heavy (non-hydrogen) atoms. The van der Waals surface area contributed by atoms with Gasteiger partial charge in [0.15, 0.2) is 0 Å². The standard InChI is InChI=1S/C8H11N3O/c1-2-9-10-7(1)11-3-8(4-11)5-12-6-8/h1-2H,3-6H2,(H,9,10). The number of rotatable bonds is 1. The van der Waals surface area contributed by atoms with Crippen LogP contribution in [0.2, 0.25) is 0 Å². The van der Waals surface area contributed by atoms with Crippen molar-refractivity contribution in [2.45, 2.75) is 0 Å². The lowest BCUT2D eigenvalue weighted by Gasteiger charge is -2.55. The minimum Gasteiger partial charge on any atom is -0.380 e. The Bertz CT molecular complexity index is 271. The summed E-state index contributed by atoms with van der Waals surface area (Å²) < 4.78 is 5.19. The molecule has 3 rings (SSSR count). The number of H-pyrrole nitrogens is 1. The predicted octanol–water partition coefficient (Wildman–Crippen LogP) is 0.246. The van der Waals surface area contributed by atoms with Crippen molar-refractivity contribution in [1.82, 2.24) is 10.2 Å². The minimum absolute atomic E-state index is 0.491. The molecule has 0 bridgehead atoms. The van der Waals surface area contributed by atoms with Crippen molar-refractivity contribution in [2.24, 2.45) is 5.41 Å². The van der Waals surface area contributed by atoms with Gasteiger partial charge in [-0.25, -0.2) is 0 Å². The molecule has 0 aromatic carbocycles. The molecule has 0 atom stereocenters. The highest BCUT2D eigenvalue weighted by molar-refractivity contribution is 5.42. The van der Waals surface area contributed by atoms with E-state index in [0.717, 1.165) is 32.1 Å². The Labute approximate surface area is 70.5 Å². The van der Waals surface area contributed by atoms with Crippen LogP contribution in [0.3, 0.4) is 0 Å². The van der Waals surface area contributed by atoms with Crippen molar-refractivity contribution in [1.29, 1.82) is 0 Å². The van der Waals surface area contributed by atoms with Crippen LogP contribution in [-0.2, 0) is 4.74 Å². The molecule has 0 amide bonds. The van der Waals surface area contributed by atoms with Crippen molar-refractivity contribution in [3.8, 4) is 0 Å². The number of ether oxygens (including phenoxy) is 1. The van der Waals surface area contributed by atoms with Crippen LogP contribution in [0.25, 0.3) is 0 Å². The first-order valence-corrected chi connectivity index (χ1v) is 4.20. The van der Waals surface area contributed by atoms with E-state index in [0.29, 0.717) is 5.41 Å². The third-order valence-corrected chi connectivity index (χ3v) is 2.70. The highest BCUT2D eigenvalue weighted by Gasteiger charge is 2.49. The lowest BCUT2D eigenvalue weighted by Crippen LogP contribution is -2.66. The molecule has 0 radical (unpaired) electrons. The molecular weight excluding hydrogens is 154 g/mol. The van der Waals surface area contributed by atoms with Gasteiger partial charge in [0.05, 0.1) is 24.8 Å². The summed E-state index contributed by atoms with van der Waals surface area (Å²) in [6.07, 6.45) is 1.79. The zero-order valence-electron chi connectivity index (χ0n) is 6.79. The van der Waals surface area contributed by atoms with Crippen molar-refractivity contribution in [3.63, 3.8) is 0 Å². The van der Waals surface area contributed by atoms with Crippen LogP contribution in [0.1, 0.15) is 0 Å². The van der Waals surface area contributed by atoms with Gasteiger partial charge < -0.3 is 9.64 Å². The number of anilines is 1. The quantitative estimate of drug-likeness (QED) is 0.648. The van der Waals surface area contributed by atoms with Crippen LogP contribution in [0.4, 0.5) is 5.82 Å². The third-order valence-electron chi connectivity index (χ3n) is 2.70. The number of nitrogens with zero attached hydrogens (tertiary/aromatic N) is 2. The van der Waals surface area contributed by atoms with E-state index in [-0.39, 0.29) is 0 Å². The number of aromatic nitrogens is 2. The fourth-order valence-corrected chi connectivity index (χ4v) is 1.93. The lowest BCUT2D eigenvalue weighted by atomic mass is 9.78. The van der Waals surface area contributed by atoms with Crippen LogP contribution >= 0.6 is 0 Å². The van der Waals surface area contributed by atoms with Gasteiger partial charge in [0, 0.05) is 19.2 Å². The number of hydrogen-bond donors (Lipinski definition) is 1. The SMILES string of the molecule is c1cc(N2CC3(COC3)C2)[nH]n1. The summed E-state index contributed by atoms with van der Waals surface area (Å²) in [7, 11) is 0. The second kappa shape index (κ2) is 2.01.